The molecule has 0 bridgehead atoms. The van der Waals surface area contributed by atoms with Gasteiger partial charge < -0.3 is 20.3 Å². The molecule has 0 unspecified atom stereocenters. The fourth-order valence-electron chi connectivity index (χ4n) is 4.34. The van der Waals surface area contributed by atoms with Gasteiger partial charge in [-0.3, -0.25) is 0 Å². The molecule has 2 N–H and O–H groups in total. The smallest absolute Gasteiger partial charge is 0.225 e. The first-order chi connectivity index (χ1) is 14.3. The monoisotopic (exact) mass is 393 g/mol. The summed E-state index contributed by atoms with van der Waals surface area (Å²) in [5.41, 5.74) is 3.48. The van der Waals surface area contributed by atoms with Gasteiger partial charge in [-0.1, -0.05) is 19.3 Å². The van der Waals surface area contributed by atoms with Crippen LogP contribution < -0.4 is 15.5 Å². The van der Waals surface area contributed by atoms with Crippen molar-refractivity contribution in [3.63, 3.8) is 0 Å². The predicted molar refractivity (Wildman–Crippen MR) is 117 cm³/mol. The van der Waals surface area contributed by atoms with Gasteiger partial charge in [0, 0.05) is 42.5 Å². The minimum Gasteiger partial charge on any atom is -0.378 e. The minimum atomic E-state index is 0.513. The zero-order valence-electron chi connectivity index (χ0n) is 17.1. The summed E-state index contributed by atoms with van der Waals surface area (Å²) >= 11 is 0. The lowest BCUT2D eigenvalue weighted by Crippen LogP contribution is -2.36. The van der Waals surface area contributed by atoms with E-state index in [1.54, 1.807) is 0 Å². The van der Waals surface area contributed by atoms with E-state index < -0.39 is 0 Å². The first-order valence-corrected chi connectivity index (χ1v) is 11.2. The van der Waals surface area contributed by atoms with Gasteiger partial charge in [0.1, 0.15) is 5.82 Å². The molecule has 154 valence electrons. The standard InChI is InChI=1S/C23H31N5O/c1-2-4-18(5-3-1)25-23-26-21(17-6-7-17)16-22(27-23)24-19-8-10-20(11-9-19)28-12-14-29-15-13-28/h8-11,16-18H,1-7,12-15H2,(H2,24,25,26,27). The number of benzene rings is 1. The molecule has 29 heavy (non-hydrogen) atoms. The fraction of sp³-hybridized carbons (Fsp3) is 0.565. The van der Waals surface area contributed by atoms with Crippen molar-refractivity contribution >= 4 is 23.1 Å². The van der Waals surface area contributed by atoms with Crippen LogP contribution in [-0.2, 0) is 4.74 Å². The summed E-state index contributed by atoms with van der Waals surface area (Å²) in [5, 5.41) is 7.10. The van der Waals surface area contributed by atoms with Gasteiger partial charge >= 0.3 is 0 Å². The third-order valence-corrected chi connectivity index (χ3v) is 6.20. The number of hydrogen-bond donors (Lipinski definition) is 2. The molecule has 6 nitrogen and oxygen atoms in total. The van der Waals surface area contributed by atoms with E-state index in [1.807, 2.05) is 0 Å². The molecular formula is C23H31N5O. The van der Waals surface area contributed by atoms with E-state index in [0.717, 1.165) is 43.8 Å². The quantitative estimate of drug-likeness (QED) is 0.743. The molecule has 5 rings (SSSR count). The highest BCUT2D eigenvalue weighted by molar-refractivity contribution is 5.62. The molecule has 1 aromatic carbocycles. The first kappa shape index (κ1) is 18.7. The number of hydrogen-bond acceptors (Lipinski definition) is 6. The summed E-state index contributed by atoms with van der Waals surface area (Å²) < 4.78 is 5.45. The average molecular weight is 394 g/mol. The SMILES string of the molecule is c1cc(N2CCOCC2)ccc1Nc1cc(C2CC2)nc(NC2CCCCC2)n1. The molecule has 0 atom stereocenters. The van der Waals surface area contributed by atoms with Gasteiger partial charge in [-0.05, 0) is 49.9 Å². The number of aromatic nitrogens is 2. The van der Waals surface area contributed by atoms with Crippen molar-refractivity contribution in [1.82, 2.24) is 9.97 Å². The summed E-state index contributed by atoms with van der Waals surface area (Å²) in [6.45, 7) is 3.53. The summed E-state index contributed by atoms with van der Waals surface area (Å²) in [7, 11) is 0. The Balaban J connectivity index is 1.30. The van der Waals surface area contributed by atoms with Gasteiger partial charge in [-0.15, -0.1) is 0 Å². The molecule has 3 fully saturated rings. The van der Waals surface area contributed by atoms with Crippen LogP contribution >= 0.6 is 0 Å². The van der Waals surface area contributed by atoms with Crippen molar-refractivity contribution in [1.29, 1.82) is 0 Å². The largest absolute Gasteiger partial charge is 0.378 e. The summed E-state index contributed by atoms with van der Waals surface area (Å²) in [6.07, 6.45) is 8.91. The molecule has 1 saturated heterocycles. The van der Waals surface area contributed by atoms with E-state index in [4.69, 9.17) is 14.7 Å². The molecule has 0 radical (unpaired) electrons. The van der Waals surface area contributed by atoms with Crippen LogP contribution in [-0.4, -0.2) is 42.3 Å². The average Bonchev–Trinajstić information content (AvgIpc) is 3.61. The summed E-state index contributed by atoms with van der Waals surface area (Å²) in [4.78, 5) is 12.0. The second-order valence-corrected chi connectivity index (χ2v) is 8.53. The van der Waals surface area contributed by atoms with Gasteiger partial charge in [0.2, 0.25) is 5.95 Å². The van der Waals surface area contributed by atoms with E-state index in [2.05, 4.69) is 45.9 Å². The Hall–Kier alpha value is -2.34. The van der Waals surface area contributed by atoms with Crippen LogP contribution in [0.4, 0.5) is 23.1 Å². The lowest BCUT2D eigenvalue weighted by atomic mass is 9.96. The maximum Gasteiger partial charge on any atom is 0.225 e. The Morgan fingerprint density at radius 3 is 2.38 bits per heavy atom. The third kappa shape index (κ3) is 4.81. The van der Waals surface area contributed by atoms with E-state index in [0.29, 0.717) is 12.0 Å². The number of ether oxygens (including phenoxy) is 1. The highest BCUT2D eigenvalue weighted by Gasteiger charge is 2.26. The van der Waals surface area contributed by atoms with Crippen LogP contribution in [0, 0.1) is 0 Å². The Morgan fingerprint density at radius 1 is 0.897 bits per heavy atom. The van der Waals surface area contributed by atoms with E-state index in [-0.39, 0.29) is 0 Å². The second-order valence-electron chi connectivity index (χ2n) is 8.53. The molecule has 2 heterocycles. The van der Waals surface area contributed by atoms with Crippen LogP contribution in [0.25, 0.3) is 0 Å². The van der Waals surface area contributed by atoms with Crippen molar-refractivity contribution in [2.45, 2.75) is 56.9 Å². The minimum absolute atomic E-state index is 0.513. The molecule has 2 aromatic rings. The topological polar surface area (TPSA) is 62.3 Å². The van der Waals surface area contributed by atoms with Crippen molar-refractivity contribution in [3.8, 4) is 0 Å². The Kier molecular flexibility index (Phi) is 5.52. The number of anilines is 4. The second kappa shape index (κ2) is 8.57. The van der Waals surface area contributed by atoms with E-state index in [9.17, 15) is 0 Å². The van der Waals surface area contributed by atoms with Gasteiger partial charge in [-0.2, -0.15) is 4.98 Å². The number of rotatable bonds is 6. The van der Waals surface area contributed by atoms with Gasteiger partial charge in [0.05, 0.1) is 18.9 Å². The van der Waals surface area contributed by atoms with Crippen molar-refractivity contribution < 1.29 is 4.74 Å². The van der Waals surface area contributed by atoms with Gasteiger partial charge in [0.25, 0.3) is 0 Å². The Morgan fingerprint density at radius 2 is 1.66 bits per heavy atom. The third-order valence-electron chi connectivity index (χ3n) is 6.20. The molecule has 2 aliphatic carbocycles. The normalized spacial score (nSPS) is 20.5. The maximum atomic E-state index is 5.45. The molecule has 0 amide bonds. The highest BCUT2D eigenvalue weighted by atomic mass is 16.5. The van der Waals surface area contributed by atoms with Crippen molar-refractivity contribution in [2.24, 2.45) is 0 Å². The molecule has 0 spiro atoms. The molecule has 3 aliphatic rings. The molecular weight excluding hydrogens is 362 g/mol. The van der Waals surface area contributed by atoms with Crippen LogP contribution in [0.15, 0.2) is 30.3 Å². The lowest BCUT2D eigenvalue weighted by molar-refractivity contribution is 0.122. The summed E-state index contributed by atoms with van der Waals surface area (Å²) in [5.74, 6) is 2.28. The van der Waals surface area contributed by atoms with Crippen LogP contribution in [0.2, 0.25) is 0 Å². The Labute approximate surface area is 173 Å². The number of nitrogens with one attached hydrogen (secondary N) is 2. The molecule has 1 aromatic heterocycles. The number of morpholine rings is 1. The van der Waals surface area contributed by atoms with Crippen LogP contribution in [0.3, 0.4) is 0 Å². The fourth-order valence-corrected chi connectivity index (χ4v) is 4.34. The highest BCUT2D eigenvalue weighted by Crippen LogP contribution is 2.40. The van der Waals surface area contributed by atoms with Crippen LogP contribution in [0.5, 0.6) is 0 Å². The molecule has 2 saturated carbocycles. The first-order valence-electron chi connectivity index (χ1n) is 11.2. The van der Waals surface area contributed by atoms with Gasteiger partial charge in [-0.25, -0.2) is 4.98 Å². The zero-order valence-corrected chi connectivity index (χ0v) is 17.1. The zero-order chi connectivity index (χ0) is 19.5. The van der Waals surface area contributed by atoms with Crippen molar-refractivity contribution in [2.75, 3.05) is 41.8 Å². The summed E-state index contributed by atoms with van der Waals surface area (Å²) in [6, 6.07) is 11.3. The van der Waals surface area contributed by atoms with E-state index >= 15 is 0 Å². The lowest BCUT2D eigenvalue weighted by Gasteiger charge is -2.29. The van der Waals surface area contributed by atoms with E-state index in [1.165, 1.54) is 56.3 Å². The number of nitrogens with zero attached hydrogens (tertiary/aromatic N) is 3. The van der Waals surface area contributed by atoms with Crippen molar-refractivity contribution in [3.05, 3.63) is 36.0 Å². The molecule has 6 heteroatoms. The van der Waals surface area contributed by atoms with Gasteiger partial charge in [0.15, 0.2) is 0 Å². The molecule has 1 aliphatic heterocycles. The predicted octanol–water partition coefficient (Wildman–Crippen LogP) is 4.68. The maximum absolute atomic E-state index is 5.45. The Bertz CT molecular complexity index is 809. The van der Waals surface area contributed by atoms with Crippen LogP contribution in [0.1, 0.15) is 56.6 Å².